The highest BCUT2D eigenvalue weighted by Crippen LogP contribution is 2.07. The van der Waals surface area contributed by atoms with Crippen molar-refractivity contribution in [2.24, 2.45) is 0 Å². The molecule has 0 atom stereocenters. The molecule has 1 aromatic carbocycles. The number of hydrogen-bond donors (Lipinski definition) is 0. The summed E-state index contributed by atoms with van der Waals surface area (Å²) in [7, 11) is 0. The van der Waals surface area contributed by atoms with Crippen LogP contribution in [0.15, 0.2) is 60.9 Å². The second-order valence-corrected chi connectivity index (χ2v) is 2.96. The van der Waals surface area contributed by atoms with Crippen LogP contribution >= 0.6 is 0 Å². The molecule has 2 rings (SSSR count). The average molecular weight is 236 g/mol. The minimum Gasteiger partial charge on any atom is -1.00 e. The summed E-state index contributed by atoms with van der Waals surface area (Å²) in [5.74, 6) is 0.541. The number of aromatic nitrogens is 1. The second-order valence-electron chi connectivity index (χ2n) is 2.96. The third kappa shape index (κ3) is 3.07. The first-order chi connectivity index (χ1) is 7.36. The molecule has 0 aliphatic rings. The van der Waals surface area contributed by atoms with E-state index in [1.165, 1.54) is 4.57 Å². The molecule has 0 unspecified atom stereocenters. The summed E-state index contributed by atoms with van der Waals surface area (Å²) < 4.78 is 6.51. The highest BCUT2D eigenvalue weighted by molar-refractivity contribution is 5.60. The van der Waals surface area contributed by atoms with Crippen molar-refractivity contribution in [2.75, 3.05) is 0 Å². The van der Waals surface area contributed by atoms with Crippen molar-refractivity contribution in [1.82, 2.24) is 0 Å². The van der Waals surface area contributed by atoms with E-state index in [0.717, 1.165) is 0 Å². The quantitative estimate of drug-likeness (QED) is 0.596. The van der Waals surface area contributed by atoms with E-state index in [9.17, 15) is 4.79 Å². The maximum Gasteiger partial charge on any atom is 0.607 e. The Morgan fingerprint density at radius 1 is 0.938 bits per heavy atom. The summed E-state index contributed by atoms with van der Waals surface area (Å²) in [6.07, 6.45) is 2.87. The molecule has 3 nitrogen and oxygen atoms in total. The molecular weight excluding hydrogens is 226 g/mol. The van der Waals surface area contributed by atoms with Crippen molar-refractivity contribution >= 4 is 6.09 Å². The Morgan fingerprint density at radius 3 is 2.12 bits per heavy atom. The van der Waals surface area contributed by atoms with Crippen molar-refractivity contribution in [3.8, 4) is 5.75 Å². The Balaban J connectivity index is 0.00000128. The lowest BCUT2D eigenvalue weighted by Crippen LogP contribution is -3.00. The number of ether oxygens (including phenoxy) is 1. The molecule has 0 saturated heterocycles. The number of halogens is 1. The average Bonchev–Trinajstić information content (AvgIpc) is 2.31. The maximum atomic E-state index is 11.6. The lowest BCUT2D eigenvalue weighted by molar-refractivity contribution is -0.582. The van der Waals surface area contributed by atoms with E-state index in [2.05, 4.69) is 0 Å². The van der Waals surface area contributed by atoms with Crippen molar-refractivity contribution in [3.63, 3.8) is 0 Å². The molecule has 0 saturated carbocycles. The number of rotatable bonds is 1. The summed E-state index contributed by atoms with van der Waals surface area (Å²) in [4.78, 5) is 11.6. The predicted molar refractivity (Wildman–Crippen MR) is 54.5 cm³/mol. The van der Waals surface area contributed by atoms with Crippen molar-refractivity contribution in [1.29, 1.82) is 0 Å². The summed E-state index contributed by atoms with van der Waals surface area (Å²) >= 11 is 0. The molecule has 4 heteroatoms. The van der Waals surface area contributed by atoms with Crippen LogP contribution in [0.25, 0.3) is 0 Å². The molecule has 1 aromatic heterocycles. The first kappa shape index (κ1) is 12.2. The SMILES string of the molecule is O=C(Oc1ccccc1)[n+]1ccccc1.[Cl-]. The van der Waals surface area contributed by atoms with E-state index in [4.69, 9.17) is 4.74 Å². The monoisotopic (exact) mass is 235 g/mol. The fourth-order valence-electron chi connectivity index (χ4n) is 1.16. The van der Waals surface area contributed by atoms with Gasteiger partial charge in [0.25, 0.3) is 0 Å². The van der Waals surface area contributed by atoms with Crippen molar-refractivity contribution < 1.29 is 26.5 Å². The molecule has 0 N–H and O–H groups in total. The van der Waals surface area contributed by atoms with Crippen LogP contribution in [0.5, 0.6) is 5.75 Å². The summed E-state index contributed by atoms with van der Waals surface area (Å²) in [6, 6.07) is 14.4. The predicted octanol–water partition coefficient (Wildman–Crippen LogP) is -0.975. The Bertz CT molecular complexity index is 445. The van der Waals surface area contributed by atoms with E-state index in [-0.39, 0.29) is 12.4 Å². The second kappa shape index (κ2) is 5.88. The number of para-hydroxylation sites is 1. The number of pyridine rings is 1. The fourth-order valence-corrected chi connectivity index (χ4v) is 1.16. The molecule has 0 amide bonds. The van der Waals surface area contributed by atoms with Gasteiger partial charge in [-0.25, -0.2) is 0 Å². The van der Waals surface area contributed by atoms with Gasteiger partial charge in [-0.05, 0) is 12.1 Å². The highest BCUT2D eigenvalue weighted by atomic mass is 35.5. The molecule has 0 fully saturated rings. The van der Waals surface area contributed by atoms with E-state index in [1.54, 1.807) is 36.7 Å². The molecule has 16 heavy (non-hydrogen) atoms. The van der Waals surface area contributed by atoms with Crippen LogP contribution in [0.3, 0.4) is 0 Å². The van der Waals surface area contributed by atoms with Crippen molar-refractivity contribution in [2.45, 2.75) is 0 Å². The first-order valence-corrected chi connectivity index (χ1v) is 4.60. The first-order valence-electron chi connectivity index (χ1n) is 4.60. The van der Waals surface area contributed by atoms with Gasteiger partial charge in [-0.3, -0.25) is 0 Å². The highest BCUT2D eigenvalue weighted by Gasteiger charge is 2.15. The zero-order valence-electron chi connectivity index (χ0n) is 8.42. The van der Waals surface area contributed by atoms with E-state index in [1.807, 2.05) is 24.3 Å². The lowest BCUT2D eigenvalue weighted by Gasteiger charge is -1.97. The number of benzene rings is 1. The van der Waals surface area contributed by atoms with Gasteiger partial charge >= 0.3 is 6.09 Å². The van der Waals surface area contributed by atoms with Gasteiger partial charge in [0.15, 0.2) is 12.4 Å². The lowest BCUT2D eigenvalue weighted by atomic mass is 10.3. The van der Waals surface area contributed by atoms with Gasteiger partial charge in [0.05, 0.1) is 0 Å². The van der Waals surface area contributed by atoms with Crippen LogP contribution in [0, 0.1) is 0 Å². The molecule has 0 bridgehead atoms. The summed E-state index contributed by atoms with van der Waals surface area (Å²) in [6.45, 7) is 0. The van der Waals surface area contributed by atoms with Crippen LogP contribution in [0.1, 0.15) is 0 Å². The van der Waals surface area contributed by atoms with Crippen LogP contribution in [0.2, 0.25) is 0 Å². The number of nitrogens with zero attached hydrogens (tertiary/aromatic N) is 1. The Labute approximate surface area is 99.7 Å². The molecular formula is C12H10ClNO2. The summed E-state index contributed by atoms with van der Waals surface area (Å²) in [5, 5.41) is 0. The van der Waals surface area contributed by atoms with E-state index < -0.39 is 6.09 Å². The third-order valence-electron chi connectivity index (χ3n) is 1.87. The van der Waals surface area contributed by atoms with Crippen LogP contribution in [-0.4, -0.2) is 6.09 Å². The minimum atomic E-state index is -0.415. The van der Waals surface area contributed by atoms with Crippen molar-refractivity contribution in [3.05, 3.63) is 60.9 Å². The Morgan fingerprint density at radius 2 is 1.50 bits per heavy atom. The van der Waals surface area contributed by atoms with Gasteiger partial charge in [-0.2, -0.15) is 4.79 Å². The molecule has 1 heterocycles. The van der Waals surface area contributed by atoms with Gasteiger partial charge in [0.1, 0.15) is 5.75 Å². The molecule has 0 radical (unpaired) electrons. The van der Waals surface area contributed by atoms with E-state index in [0.29, 0.717) is 5.75 Å². The standard InChI is InChI=1S/C12H10NO2.ClH/c14-12(13-9-5-2-6-10-13)15-11-7-3-1-4-8-11;/h1-10H;1H/q+1;/p-1. The number of carbonyl (C=O) groups excluding carboxylic acids is 1. The van der Waals surface area contributed by atoms with Gasteiger partial charge < -0.3 is 17.1 Å². The van der Waals surface area contributed by atoms with E-state index >= 15 is 0 Å². The summed E-state index contributed by atoms with van der Waals surface area (Å²) in [5.41, 5.74) is 0. The van der Waals surface area contributed by atoms with Gasteiger partial charge in [-0.15, -0.1) is 0 Å². The normalized spacial score (nSPS) is 9.00. The third-order valence-corrected chi connectivity index (χ3v) is 1.87. The fraction of sp³-hybridized carbons (Fsp3) is 0. The molecule has 0 aliphatic heterocycles. The molecule has 2 aromatic rings. The van der Waals surface area contributed by atoms with Gasteiger partial charge in [-0.1, -0.05) is 28.8 Å². The number of hydrogen-bond acceptors (Lipinski definition) is 2. The largest absolute Gasteiger partial charge is 1.00 e. The van der Waals surface area contributed by atoms with Crippen LogP contribution in [-0.2, 0) is 0 Å². The van der Waals surface area contributed by atoms with Gasteiger partial charge in [0, 0.05) is 12.1 Å². The Kier molecular flexibility index (Phi) is 4.48. The minimum absolute atomic E-state index is 0. The molecule has 0 spiro atoms. The Hall–Kier alpha value is -1.87. The topological polar surface area (TPSA) is 30.2 Å². The zero-order chi connectivity index (χ0) is 10.5. The number of carbonyl (C=O) groups is 1. The van der Waals surface area contributed by atoms with Gasteiger partial charge in [0.2, 0.25) is 0 Å². The maximum absolute atomic E-state index is 11.6. The van der Waals surface area contributed by atoms with Crippen LogP contribution in [0.4, 0.5) is 4.79 Å². The molecule has 82 valence electrons. The molecule has 0 aliphatic carbocycles. The smallest absolute Gasteiger partial charge is 0.607 e. The van der Waals surface area contributed by atoms with Crippen LogP contribution < -0.4 is 21.7 Å². The zero-order valence-corrected chi connectivity index (χ0v) is 9.17.